The molecule has 0 heterocycles. The Kier molecular flexibility index (Phi) is 3.44. The van der Waals surface area contributed by atoms with Crippen molar-refractivity contribution in [2.75, 3.05) is 6.61 Å². The van der Waals surface area contributed by atoms with Gasteiger partial charge in [-0.3, -0.25) is 4.79 Å². The molecule has 1 aliphatic carbocycles. The molecule has 86 valence electrons. The molecule has 1 aliphatic rings. The minimum atomic E-state index is -0.189. The second-order valence-electron chi connectivity index (χ2n) is 3.95. The normalized spacial score (nSPS) is 14.6. The SMILES string of the molecule is CCOC(=O)Cc1cccc(OC2CC2)c1. The molecule has 0 aliphatic heterocycles. The summed E-state index contributed by atoms with van der Waals surface area (Å²) < 4.78 is 10.6. The Labute approximate surface area is 95.4 Å². The fourth-order valence-corrected chi connectivity index (χ4v) is 1.49. The van der Waals surface area contributed by atoms with Crippen LogP contribution in [0.1, 0.15) is 25.3 Å². The van der Waals surface area contributed by atoms with Gasteiger partial charge in [-0.1, -0.05) is 12.1 Å². The molecule has 1 aromatic carbocycles. The smallest absolute Gasteiger partial charge is 0.310 e. The van der Waals surface area contributed by atoms with E-state index in [0.29, 0.717) is 19.1 Å². The van der Waals surface area contributed by atoms with Gasteiger partial charge in [-0.15, -0.1) is 0 Å². The van der Waals surface area contributed by atoms with Crippen LogP contribution in [0.25, 0.3) is 0 Å². The number of esters is 1. The first kappa shape index (κ1) is 11.0. The average Bonchev–Trinajstić information content (AvgIpc) is 3.02. The maximum Gasteiger partial charge on any atom is 0.310 e. The van der Waals surface area contributed by atoms with Crippen molar-refractivity contribution < 1.29 is 14.3 Å². The zero-order valence-corrected chi connectivity index (χ0v) is 9.44. The first-order chi connectivity index (χ1) is 7.78. The van der Waals surface area contributed by atoms with Crippen LogP contribution in [0.5, 0.6) is 5.75 Å². The molecule has 0 atom stereocenters. The molecule has 3 nitrogen and oxygen atoms in total. The molecule has 1 saturated carbocycles. The van der Waals surface area contributed by atoms with E-state index in [4.69, 9.17) is 9.47 Å². The van der Waals surface area contributed by atoms with E-state index in [9.17, 15) is 4.79 Å². The maximum absolute atomic E-state index is 11.3. The van der Waals surface area contributed by atoms with Gasteiger partial charge >= 0.3 is 5.97 Å². The Morgan fingerprint density at radius 1 is 1.44 bits per heavy atom. The van der Waals surface area contributed by atoms with Crippen LogP contribution in [0.2, 0.25) is 0 Å². The Hall–Kier alpha value is -1.51. The lowest BCUT2D eigenvalue weighted by Gasteiger charge is -2.06. The molecule has 16 heavy (non-hydrogen) atoms. The first-order valence-corrected chi connectivity index (χ1v) is 5.69. The zero-order valence-electron chi connectivity index (χ0n) is 9.44. The van der Waals surface area contributed by atoms with Gasteiger partial charge in [0.25, 0.3) is 0 Å². The molecule has 1 aromatic rings. The van der Waals surface area contributed by atoms with Crippen LogP contribution in [0.15, 0.2) is 24.3 Å². The number of hydrogen-bond donors (Lipinski definition) is 0. The standard InChI is InChI=1S/C13H16O3/c1-2-15-13(14)9-10-4-3-5-12(8-10)16-11-6-7-11/h3-5,8,11H,2,6-7,9H2,1H3. The largest absolute Gasteiger partial charge is 0.490 e. The molecular weight excluding hydrogens is 204 g/mol. The van der Waals surface area contributed by atoms with Crippen molar-refractivity contribution in [1.29, 1.82) is 0 Å². The average molecular weight is 220 g/mol. The minimum absolute atomic E-state index is 0.189. The molecule has 1 fully saturated rings. The van der Waals surface area contributed by atoms with Gasteiger partial charge in [0.15, 0.2) is 0 Å². The first-order valence-electron chi connectivity index (χ1n) is 5.69. The molecule has 0 aromatic heterocycles. The Morgan fingerprint density at radius 3 is 2.94 bits per heavy atom. The quantitative estimate of drug-likeness (QED) is 0.714. The summed E-state index contributed by atoms with van der Waals surface area (Å²) in [7, 11) is 0. The molecular formula is C13H16O3. The van der Waals surface area contributed by atoms with Crippen molar-refractivity contribution in [1.82, 2.24) is 0 Å². The van der Waals surface area contributed by atoms with Gasteiger partial charge in [0.1, 0.15) is 5.75 Å². The monoisotopic (exact) mass is 220 g/mol. The third-order valence-corrected chi connectivity index (χ3v) is 2.38. The highest BCUT2D eigenvalue weighted by Crippen LogP contribution is 2.27. The van der Waals surface area contributed by atoms with E-state index in [2.05, 4.69) is 0 Å². The van der Waals surface area contributed by atoms with Gasteiger partial charge in [-0.25, -0.2) is 0 Å². The number of ether oxygens (including phenoxy) is 2. The van der Waals surface area contributed by atoms with E-state index in [-0.39, 0.29) is 5.97 Å². The van der Waals surface area contributed by atoms with Crippen LogP contribution < -0.4 is 4.74 Å². The van der Waals surface area contributed by atoms with E-state index < -0.39 is 0 Å². The van der Waals surface area contributed by atoms with E-state index >= 15 is 0 Å². The Bertz CT molecular complexity index is 369. The van der Waals surface area contributed by atoms with Crippen LogP contribution >= 0.6 is 0 Å². The van der Waals surface area contributed by atoms with Gasteiger partial charge in [-0.05, 0) is 37.5 Å². The summed E-state index contributed by atoms with van der Waals surface area (Å²) in [5, 5.41) is 0. The molecule has 0 unspecified atom stereocenters. The summed E-state index contributed by atoms with van der Waals surface area (Å²) in [6.07, 6.45) is 2.98. The fourth-order valence-electron chi connectivity index (χ4n) is 1.49. The number of hydrogen-bond acceptors (Lipinski definition) is 3. The number of rotatable bonds is 5. The van der Waals surface area contributed by atoms with Crippen molar-refractivity contribution in [2.45, 2.75) is 32.3 Å². The number of carbonyl (C=O) groups excluding carboxylic acids is 1. The summed E-state index contributed by atoms with van der Waals surface area (Å²) in [6.45, 7) is 2.24. The highest BCUT2D eigenvalue weighted by atomic mass is 16.5. The number of benzene rings is 1. The Balaban J connectivity index is 1.94. The highest BCUT2D eigenvalue weighted by molar-refractivity contribution is 5.72. The lowest BCUT2D eigenvalue weighted by atomic mass is 10.1. The van der Waals surface area contributed by atoms with Crippen molar-refractivity contribution in [3.63, 3.8) is 0 Å². The van der Waals surface area contributed by atoms with Crippen molar-refractivity contribution in [3.05, 3.63) is 29.8 Å². The van der Waals surface area contributed by atoms with E-state index in [1.165, 1.54) is 0 Å². The van der Waals surface area contributed by atoms with Crippen molar-refractivity contribution in [3.8, 4) is 5.75 Å². The van der Waals surface area contributed by atoms with Crippen molar-refractivity contribution in [2.24, 2.45) is 0 Å². The van der Waals surface area contributed by atoms with Gasteiger partial charge in [-0.2, -0.15) is 0 Å². The molecule has 0 radical (unpaired) electrons. The lowest BCUT2D eigenvalue weighted by Crippen LogP contribution is -2.07. The maximum atomic E-state index is 11.3. The lowest BCUT2D eigenvalue weighted by molar-refractivity contribution is -0.142. The van der Waals surface area contributed by atoms with E-state index in [0.717, 1.165) is 24.2 Å². The molecule has 3 heteroatoms. The highest BCUT2D eigenvalue weighted by Gasteiger charge is 2.23. The predicted molar refractivity (Wildman–Crippen MR) is 60.4 cm³/mol. The molecule has 0 saturated heterocycles. The number of carbonyl (C=O) groups is 1. The van der Waals surface area contributed by atoms with E-state index in [1.807, 2.05) is 31.2 Å². The van der Waals surface area contributed by atoms with Gasteiger partial charge < -0.3 is 9.47 Å². The van der Waals surface area contributed by atoms with Gasteiger partial charge in [0.05, 0.1) is 19.1 Å². The van der Waals surface area contributed by atoms with Crippen LogP contribution in [0.4, 0.5) is 0 Å². The fraction of sp³-hybridized carbons (Fsp3) is 0.462. The van der Waals surface area contributed by atoms with Gasteiger partial charge in [0, 0.05) is 0 Å². The molecule has 0 bridgehead atoms. The third-order valence-electron chi connectivity index (χ3n) is 2.38. The molecule has 2 rings (SSSR count). The molecule has 0 N–H and O–H groups in total. The summed E-state index contributed by atoms with van der Waals surface area (Å²) in [4.78, 5) is 11.3. The molecule has 0 amide bonds. The minimum Gasteiger partial charge on any atom is -0.490 e. The van der Waals surface area contributed by atoms with Crippen LogP contribution in [0, 0.1) is 0 Å². The second-order valence-corrected chi connectivity index (χ2v) is 3.95. The third kappa shape index (κ3) is 3.26. The molecule has 0 spiro atoms. The van der Waals surface area contributed by atoms with Crippen LogP contribution in [-0.4, -0.2) is 18.7 Å². The van der Waals surface area contributed by atoms with Crippen LogP contribution in [-0.2, 0) is 16.0 Å². The summed E-state index contributed by atoms with van der Waals surface area (Å²) in [5.41, 5.74) is 0.941. The van der Waals surface area contributed by atoms with Crippen molar-refractivity contribution >= 4 is 5.97 Å². The topological polar surface area (TPSA) is 35.5 Å². The summed E-state index contributed by atoms with van der Waals surface area (Å²) >= 11 is 0. The summed E-state index contributed by atoms with van der Waals surface area (Å²) in [6, 6.07) is 7.66. The van der Waals surface area contributed by atoms with Crippen LogP contribution in [0.3, 0.4) is 0 Å². The zero-order chi connectivity index (χ0) is 11.4. The predicted octanol–water partition coefficient (Wildman–Crippen LogP) is 2.33. The second kappa shape index (κ2) is 5.01. The van der Waals surface area contributed by atoms with E-state index in [1.54, 1.807) is 0 Å². The summed E-state index contributed by atoms with van der Waals surface area (Å²) in [5.74, 6) is 0.662. The van der Waals surface area contributed by atoms with Gasteiger partial charge in [0.2, 0.25) is 0 Å². The Morgan fingerprint density at radius 2 is 2.25 bits per heavy atom.